The average molecular weight is 255 g/mol. The van der Waals surface area contributed by atoms with Crippen molar-refractivity contribution in [3.05, 3.63) is 0 Å². The molecule has 0 aromatic heterocycles. The fraction of sp³-hybridized carbons (Fsp3) is 0.833. The van der Waals surface area contributed by atoms with E-state index in [0.717, 1.165) is 32.2 Å². The van der Waals surface area contributed by atoms with Crippen LogP contribution in [0.1, 0.15) is 32.1 Å². The highest BCUT2D eigenvalue weighted by atomic mass is 16.4. The Hall–Kier alpha value is -1.30. The normalized spacial score (nSPS) is 23.8. The van der Waals surface area contributed by atoms with E-state index in [-0.39, 0.29) is 24.5 Å². The minimum absolute atomic E-state index is 0.0160. The van der Waals surface area contributed by atoms with Gasteiger partial charge in [0.25, 0.3) is 0 Å². The Bertz CT molecular complexity index is 331. The second kappa shape index (κ2) is 5.56. The van der Waals surface area contributed by atoms with Crippen molar-refractivity contribution in [2.75, 3.05) is 19.6 Å². The number of carbonyl (C=O) groups excluding carboxylic acids is 1. The van der Waals surface area contributed by atoms with Crippen molar-refractivity contribution in [2.24, 2.45) is 5.73 Å². The first-order valence-corrected chi connectivity index (χ1v) is 6.61. The first-order chi connectivity index (χ1) is 8.58. The molecular weight excluding hydrogens is 234 g/mol. The third-order valence-corrected chi connectivity index (χ3v) is 3.53. The van der Waals surface area contributed by atoms with Crippen LogP contribution in [0.4, 0.5) is 4.79 Å². The zero-order chi connectivity index (χ0) is 13.1. The van der Waals surface area contributed by atoms with Crippen LogP contribution in [-0.2, 0) is 4.79 Å². The minimum atomic E-state index is -0.858. The number of nitrogens with two attached hydrogens (primary N) is 1. The van der Waals surface area contributed by atoms with Crippen molar-refractivity contribution < 1.29 is 14.7 Å². The van der Waals surface area contributed by atoms with E-state index in [2.05, 4.69) is 0 Å². The molecule has 1 aliphatic heterocycles. The van der Waals surface area contributed by atoms with E-state index < -0.39 is 5.97 Å². The number of rotatable bonds is 4. The topological polar surface area (TPSA) is 86.9 Å². The van der Waals surface area contributed by atoms with Crippen molar-refractivity contribution >= 4 is 12.0 Å². The second-order valence-electron chi connectivity index (χ2n) is 5.20. The Labute approximate surface area is 107 Å². The van der Waals surface area contributed by atoms with Gasteiger partial charge in [0, 0.05) is 31.7 Å². The lowest BCUT2D eigenvalue weighted by Gasteiger charge is -2.35. The summed E-state index contributed by atoms with van der Waals surface area (Å²) in [5, 5.41) is 8.73. The molecule has 1 aliphatic carbocycles. The number of likely N-dealkylation sites (tertiary alicyclic amines) is 1. The smallest absolute Gasteiger partial charge is 0.320 e. The Morgan fingerprint density at radius 3 is 2.61 bits per heavy atom. The highest BCUT2D eigenvalue weighted by Crippen LogP contribution is 2.28. The Morgan fingerprint density at radius 1 is 1.33 bits per heavy atom. The molecule has 2 fully saturated rings. The molecule has 2 amide bonds. The summed E-state index contributed by atoms with van der Waals surface area (Å²) in [5.41, 5.74) is 5.87. The zero-order valence-electron chi connectivity index (χ0n) is 10.5. The summed E-state index contributed by atoms with van der Waals surface area (Å²) in [4.78, 5) is 26.5. The fourth-order valence-electron chi connectivity index (χ4n) is 2.40. The predicted molar refractivity (Wildman–Crippen MR) is 66.2 cm³/mol. The highest BCUT2D eigenvalue weighted by molar-refractivity contribution is 5.76. The summed E-state index contributed by atoms with van der Waals surface area (Å²) >= 11 is 0. The van der Waals surface area contributed by atoms with Gasteiger partial charge in [0.1, 0.15) is 0 Å². The second-order valence-corrected chi connectivity index (χ2v) is 5.20. The molecule has 18 heavy (non-hydrogen) atoms. The summed E-state index contributed by atoms with van der Waals surface area (Å²) in [6.45, 7) is 1.64. The number of amides is 2. The molecule has 102 valence electrons. The number of hydrogen-bond acceptors (Lipinski definition) is 3. The van der Waals surface area contributed by atoms with Crippen LogP contribution in [0.15, 0.2) is 0 Å². The van der Waals surface area contributed by atoms with Crippen molar-refractivity contribution in [2.45, 2.75) is 44.2 Å². The van der Waals surface area contributed by atoms with E-state index in [1.165, 1.54) is 0 Å². The van der Waals surface area contributed by atoms with Crippen molar-refractivity contribution in [1.82, 2.24) is 9.80 Å². The van der Waals surface area contributed by atoms with E-state index in [1.807, 2.05) is 0 Å². The monoisotopic (exact) mass is 255 g/mol. The van der Waals surface area contributed by atoms with Crippen LogP contribution in [0.3, 0.4) is 0 Å². The van der Waals surface area contributed by atoms with Crippen LogP contribution in [0.2, 0.25) is 0 Å². The lowest BCUT2D eigenvalue weighted by Crippen LogP contribution is -2.51. The number of carboxylic acids is 1. The molecule has 6 heteroatoms. The molecule has 1 atom stereocenters. The quantitative estimate of drug-likeness (QED) is 0.764. The van der Waals surface area contributed by atoms with Gasteiger partial charge in [-0.3, -0.25) is 4.79 Å². The van der Waals surface area contributed by atoms with Gasteiger partial charge in [-0.1, -0.05) is 0 Å². The lowest BCUT2D eigenvalue weighted by molar-refractivity contribution is -0.137. The standard InChI is InChI=1S/C12H21N3O3/c13-9-2-1-6-14(8-9)12(18)15(10-3-4-10)7-5-11(16)17/h9-10H,1-8,13H2,(H,16,17). The molecule has 0 radical (unpaired) electrons. The SMILES string of the molecule is NC1CCCN(C(=O)N(CCC(=O)O)C2CC2)C1. The fourth-order valence-corrected chi connectivity index (χ4v) is 2.40. The minimum Gasteiger partial charge on any atom is -0.481 e. The van der Waals surface area contributed by atoms with Gasteiger partial charge >= 0.3 is 12.0 Å². The van der Waals surface area contributed by atoms with Crippen LogP contribution in [-0.4, -0.2) is 58.6 Å². The van der Waals surface area contributed by atoms with Gasteiger partial charge in [0.2, 0.25) is 0 Å². The van der Waals surface area contributed by atoms with Crippen LogP contribution >= 0.6 is 0 Å². The molecule has 0 bridgehead atoms. The average Bonchev–Trinajstić information content (AvgIpc) is 3.13. The number of nitrogens with zero attached hydrogens (tertiary/aromatic N) is 2. The molecule has 0 spiro atoms. The van der Waals surface area contributed by atoms with Crippen molar-refractivity contribution in [1.29, 1.82) is 0 Å². The van der Waals surface area contributed by atoms with Gasteiger partial charge in [-0.15, -0.1) is 0 Å². The molecule has 3 N–H and O–H groups in total. The predicted octanol–water partition coefficient (Wildman–Crippen LogP) is 0.469. The Morgan fingerprint density at radius 2 is 2.06 bits per heavy atom. The maximum atomic E-state index is 12.3. The summed E-state index contributed by atoms with van der Waals surface area (Å²) in [6, 6.07) is 0.270. The number of piperidine rings is 1. The maximum absolute atomic E-state index is 12.3. The van der Waals surface area contributed by atoms with Crippen molar-refractivity contribution in [3.63, 3.8) is 0 Å². The van der Waals surface area contributed by atoms with Gasteiger partial charge in [0.15, 0.2) is 0 Å². The molecule has 1 saturated carbocycles. The molecule has 6 nitrogen and oxygen atoms in total. The first-order valence-electron chi connectivity index (χ1n) is 6.61. The van der Waals surface area contributed by atoms with E-state index >= 15 is 0 Å². The Balaban J connectivity index is 1.92. The maximum Gasteiger partial charge on any atom is 0.320 e. The molecule has 0 aromatic carbocycles. The van der Waals surface area contributed by atoms with Crippen LogP contribution in [0, 0.1) is 0 Å². The molecule has 2 aliphatic rings. The van der Waals surface area contributed by atoms with Crippen LogP contribution in [0.25, 0.3) is 0 Å². The van der Waals surface area contributed by atoms with E-state index in [4.69, 9.17) is 10.8 Å². The number of hydrogen-bond donors (Lipinski definition) is 2. The summed E-state index contributed by atoms with van der Waals surface area (Å²) in [5.74, 6) is -0.858. The van der Waals surface area contributed by atoms with E-state index in [9.17, 15) is 9.59 Å². The molecule has 2 rings (SSSR count). The number of aliphatic carboxylic acids is 1. The van der Waals surface area contributed by atoms with E-state index in [0.29, 0.717) is 13.1 Å². The molecule has 1 saturated heterocycles. The lowest BCUT2D eigenvalue weighted by atomic mass is 10.1. The third kappa shape index (κ3) is 3.35. The van der Waals surface area contributed by atoms with Gasteiger partial charge in [0.05, 0.1) is 6.42 Å². The summed E-state index contributed by atoms with van der Waals surface area (Å²) in [7, 11) is 0. The van der Waals surface area contributed by atoms with Gasteiger partial charge in [-0.2, -0.15) is 0 Å². The summed E-state index contributed by atoms with van der Waals surface area (Å²) < 4.78 is 0. The van der Waals surface area contributed by atoms with Gasteiger partial charge in [-0.25, -0.2) is 4.79 Å². The molecular formula is C12H21N3O3. The molecule has 1 heterocycles. The highest BCUT2D eigenvalue weighted by Gasteiger charge is 2.35. The third-order valence-electron chi connectivity index (χ3n) is 3.53. The van der Waals surface area contributed by atoms with Crippen LogP contribution in [0.5, 0.6) is 0 Å². The number of carboxylic acid groups (broad SMARTS) is 1. The van der Waals surface area contributed by atoms with Gasteiger partial charge in [-0.05, 0) is 25.7 Å². The summed E-state index contributed by atoms with van der Waals surface area (Å²) in [6.07, 6.45) is 3.89. The first kappa shape index (κ1) is 13.1. The van der Waals surface area contributed by atoms with E-state index in [1.54, 1.807) is 9.80 Å². The number of carbonyl (C=O) groups is 2. The largest absolute Gasteiger partial charge is 0.481 e. The molecule has 1 unspecified atom stereocenters. The molecule has 0 aromatic rings. The Kier molecular flexibility index (Phi) is 4.06. The van der Waals surface area contributed by atoms with Crippen LogP contribution < -0.4 is 5.73 Å². The van der Waals surface area contributed by atoms with Gasteiger partial charge < -0.3 is 20.6 Å². The number of urea groups is 1. The zero-order valence-corrected chi connectivity index (χ0v) is 10.5. The van der Waals surface area contributed by atoms with Crippen molar-refractivity contribution in [3.8, 4) is 0 Å².